The Hall–Kier alpha value is -3.06. The maximum absolute atomic E-state index is 12.7. The Balaban J connectivity index is 1.60. The van der Waals surface area contributed by atoms with Gasteiger partial charge in [0.25, 0.3) is 5.91 Å². The largest absolute Gasteiger partial charge is 0.451 e. The summed E-state index contributed by atoms with van der Waals surface area (Å²) in [6, 6.07) is 13.9. The summed E-state index contributed by atoms with van der Waals surface area (Å²) in [6.45, 7) is 2.49. The van der Waals surface area contributed by atoms with Crippen molar-refractivity contribution >= 4 is 23.2 Å². The second kappa shape index (κ2) is 9.75. The molecule has 0 aliphatic rings. The third-order valence-electron chi connectivity index (χ3n) is 4.11. The molecule has 6 nitrogen and oxygen atoms in total. The maximum Gasteiger partial charge on any atom is 0.359 e. The number of thiophene rings is 1. The average molecular weight is 395 g/mol. The number of hydrogen-bond donors (Lipinski definition) is 0. The summed E-state index contributed by atoms with van der Waals surface area (Å²) in [5.41, 5.74) is 1.95. The topological polar surface area (TPSA) is 72.4 Å². The van der Waals surface area contributed by atoms with Crippen LogP contribution in [0, 0.1) is 6.92 Å². The molecule has 0 radical (unpaired) electrons. The molecular formula is C21H21N3O3S. The van der Waals surface area contributed by atoms with Crippen molar-refractivity contribution in [1.82, 2.24) is 14.9 Å². The minimum atomic E-state index is -0.653. The molecule has 0 bridgehead atoms. The fraction of sp³-hybridized carbons (Fsp3) is 0.238. The second-order valence-corrected chi connectivity index (χ2v) is 7.28. The molecule has 2 aromatic heterocycles. The van der Waals surface area contributed by atoms with Crippen LogP contribution < -0.4 is 0 Å². The highest BCUT2D eigenvalue weighted by Crippen LogP contribution is 2.13. The van der Waals surface area contributed by atoms with Crippen LogP contribution in [0.1, 0.15) is 26.6 Å². The number of carbonyl (C=O) groups is 2. The molecule has 0 saturated carbocycles. The number of nitrogens with zero attached hydrogens (tertiary/aromatic N) is 3. The molecule has 0 saturated heterocycles. The molecule has 0 atom stereocenters. The molecule has 7 heteroatoms. The first-order valence-electron chi connectivity index (χ1n) is 8.91. The van der Waals surface area contributed by atoms with Gasteiger partial charge in [0, 0.05) is 17.6 Å². The van der Waals surface area contributed by atoms with Gasteiger partial charge in [-0.15, -0.1) is 11.3 Å². The van der Waals surface area contributed by atoms with E-state index in [1.807, 2.05) is 47.8 Å². The minimum absolute atomic E-state index is 0.0903. The lowest BCUT2D eigenvalue weighted by molar-refractivity contribution is -0.135. The van der Waals surface area contributed by atoms with E-state index in [2.05, 4.69) is 9.97 Å². The molecule has 0 aliphatic heterocycles. The standard InChI is InChI=1S/C21H21N3O3S/c1-16-12-23-19(13-22-16)21(26)27-15-20(25)24(14-18-8-5-11-28-18)10-9-17-6-3-2-4-7-17/h2-8,11-13H,9-10,14-15H2,1H3. The first-order valence-corrected chi connectivity index (χ1v) is 9.79. The predicted molar refractivity (Wildman–Crippen MR) is 107 cm³/mol. The molecule has 0 N–H and O–H groups in total. The summed E-state index contributed by atoms with van der Waals surface area (Å²) in [7, 11) is 0. The van der Waals surface area contributed by atoms with E-state index >= 15 is 0 Å². The van der Waals surface area contributed by atoms with Crippen molar-refractivity contribution in [3.05, 3.63) is 82.1 Å². The fourth-order valence-corrected chi connectivity index (χ4v) is 3.30. The molecule has 28 heavy (non-hydrogen) atoms. The van der Waals surface area contributed by atoms with E-state index in [1.54, 1.807) is 23.2 Å². The molecule has 144 valence electrons. The Morgan fingerprint density at radius 1 is 1.07 bits per heavy atom. The quantitative estimate of drug-likeness (QED) is 0.548. The molecule has 1 amide bonds. The lowest BCUT2D eigenvalue weighted by Gasteiger charge is -2.22. The number of esters is 1. The summed E-state index contributed by atoms with van der Waals surface area (Å²) in [5.74, 6) is -0.891. The van der Waals surface area contributed by atoms with Gasteiger partial charge < -0.3 is 9.64 Å². The minimum Gasteiger partial charge on any atom is -0.451 e. The van der Waals surface area contributed by atoms with Gasteiger partial charge in [-0.25, -0.2) is 9.78 Å². The Labute approximate surface area is 167 Å². The SMILES string of the molecule is Cc1cnc(C(=O)OCC(=O)N(CCc2ccccc2)Cc2cccs2)cn1. The molecule has 3 rings (SSSR count). The lowest BCUT2D eigenvalue weighted by atomic mass is 10.1. The molecule has 2 heterocycles. The molecule has 0 fully saturated rings. The highest BCUT2D eigenvalue weighted by atomic mass is 32.1. The van der Waals surface area contributed by atoms with E-state index in [9.17, 15) is 9.59 Å². The summed E-state index contributed by atoms with van der Waals surface area (Å²) in [5, 5.41) is 1.98. The number of ether oxygens (including phenoxy) is 1. The van der Waals surface area contributed by atoms with Crippen molar-refractivity contribution < 1.29 is 14.3 Å². The lowest BCUT2D eigenvalue weighted by Crippen LogP contribution is -2.35. The second-order valence-electron chi connectivity index (χ2n) is 6.25. The van der Waals surface area contributed by atoms with Gasteiger partial charge in [0.2, 0.25) is 0 Å². The third-order valence-corrected chi connectivity index (χ3v) is 4.97. The van der Waals surface area contributed by atoms with Gasteiger partial charge in [-0.1, -0.05) is 36.4 Å². The predicted octanol–water partition coefficient (Wildman–Crippen LogP) is 3.27. The molecule has 1 aromatic carbocycles. The van der Waals surface area contributed by atoms with E-state index in [1.165, 1.54) is 12.4 Å². The highest BCUT2D eigenvalue weighted by Gasteiger charge is 2.18. The summed E-state index contributed by atoms with van der Waals surface area (Å²) < 4.78 is 5.15. The molecule has 0 unspecified atom stereocenters. The zero-order valence-corrected chi connectivity index (χ0v) is 16.4. The monoisotopic (exact) mass is 395 g/mol. The van der Waals surface area contributed by atoms with Gasteiger partial charge in [0.1, 0.15) is 0 Å². The zero-order valence-electron chi connectivity index (χ0n) is 15.6. The van der Waals surface area contributed by atoms with Crippen molar-refractivity contribution in [2.45, 2.75) is 19.9 Å². The van der Waals surface area contributed by atoms with Crippen molar-refractivity contribution in [3.8, 4) is 0 Å². The van der Waals surface area contributed by atoms with Crippen LogP contribution in [-0.2, 0) is 22.5 Å². The number of benzene rings is 1. The number of carbonyl (C=O) groups excluding carboxylic acids is 2. The van der Waals surface area contributed by atoms with E-state index in [0.29, 0.717) is 18.8 Å². The Bertz CT molecular complexity index is 896. The number of hydrogen-bond acceptors (Lipinski definition) is 6. The summed E-state index contributed by atoms with van der Waals surface area (Å²) in [6.07, 6.45) is 3.57. The average Bonchev–Trinajstić information content (AvgIpc) is 3.23. The van der Waals surface area contributed by atoms with Crippen molar-refractivity contribution in [2.24, 2.45) is 0 Å². The van der Waals surface area contributed by atoms with Crippen LogP contribution in [0.25, 0.3) is 0 Å². The first-order chi connectivity index (χ1) is 13.6. The van der Waals surface area contributed by atoms with Gasteiger partial charge in [0.15, 0.2) is 12.3 Å². The van der Waals surface area contributed by atoms with Crippen LogP contribution in [0.5, 0.6) is 0 Å². The summed E-state index contributed by atoms with van der Waals surface area (Å²) >= 11 is 1.59. The van der Waals surface area contributed by atoms with Crippen LogP contribution in [0.15, 0.2) is 60.2 Å². The van der Waals surface area contributed by atoms with Crippen LogP contribution in [-0.4, -0.2) is 39.9 Å². The maximum atomic E-state index is 12.7. The van der Waals surface area contributed by atoms with Gasteiger partial charge >= 0.3 is 5.97 Å². The van der Waals surface area contributed by atoms with E-state index in [4.69, 9.17) is 4.74 Å². The molecule has 0 aliphatic carbocycles. The molecule has 3 aromatic rings. The van der Waals surface area contributed by atoms with Gasteiger partial charge in [-0.2, -0.15) is 0 Å². The van der Waals surface area contributed by atoms with Crippen LogP contribution in [0.2, 0.25) is 0 Å². The van der Waals surface area contributed by atoms with Gasteiger partial charge in [-0.3, -0.25) is 9.78 Å². The Morgan fingerprint density at radius 3 is 2.57 bits per heavy atom. The number of rotatable bonds is 8. The Kier molecular flexibility index (Phi) is 6.86. The third kappa shape index (κ3) is 5.72. The highest BCUT2D eigenvalue weighted by molar-refractivity contribution is 7.09. The molecular weight excluding hydrogens is 374 g/mol. The van der Waals surface area contributed by atoms with Crippen molar-refractivity contribution in [1.29, 1.82) is 0 Å². The van der Waals surface area contributed by atoms with Gasteiger partial charge in [0.05, 0.1) is 18.4 Å². The van der Waals surface area contributed by atoms with E-state index in [0.717, 1.165) is 16.9 Å². The van der Waals surface area contributed by atoms with Crippen molar-refractivity contribution in [3.63, 3.8) is 0 Å². The Morgan fingerprint density at radius 2 is 1.89 bits per heavy atom. The number of aryl methyl sites for hydroxylation is 1. The zero-order chi connectivity index (χ0) is 19.8. The van der Waals surface area contributed by atoms with E-state index < -0.39 is 5.97 Å². The first kappa shape index (κ1) is 19.7. The van der Waals surface area contributed by atoms with Gasteiger partial charge in [-0.05, 0) is 30.4 Å². The smallest absolute Gasteiger partial charge is 0.359 e. The number of aromatic nitrogens is 2. The summed E-state index contributed by atoms with van der Waals surface area (Å²) in [4.78, 5) is 35.6. The molecule has 0 spiro atoms. The normalized spacial score (nSPS) is 10.5. The fourth-order valence-electron chi connectivity index (χ4n) is 2.58. The number of amides is 1. The van der Waals surface area contributed by atoms with Crippen LogP contribution >= 0.6 is 11.3 Å². The van der Waals surface area contributed by atoms with Crippen LogP contribution in [0.4, 0.5) is 0 Å². The van der Waals surface area contributed by atoms with Crippen LogP contribution in [0.3, 0.4) is 0 Å². The van der Waals surface area contributed by atoms with Crippen molar-refractivity contribution in [2.75, 3.05) is 13.2 Å². The van der Waals surface area contributed by atoms with E-state index in [-0.39, 0.29) is 18.2 Å².